The zero-order valence-electron chi connectivity index (χ0n) is 18.6. The standard InChI is InChI=1S/C26H33NO/c1-10-21(26(6,7)8)25(23(11-2)28-9)22-16-20(12-13-27-22)24-18(4)14-17(3)15-19(24)5/h10-16H,2H2,1,3-9H3/b21-10+,25-23-. The predicted octanol–water partition coefficient (Wildman–Crippen LogP) is 7.21. The van der Waals surface area contributed by atoms with Crippen LogP contribution in [0.15, 0.2) is 60.5 Å². The first-order valence-electron chi connectivity index (χ1n) is 9.76. The summed E-state index contributed by atoms with van der Waals surface area (Å²) in [5.74, 6) is 0.741. The van der Waals surface area contributed by atoms with Crippen molar-refractivity contribution in [3.8, 4) is 11.1 Å². The molecule has 2 heteroatoms. The van der Waals surface area contributed by atoms with E-state index in [-0.39, 0.29) is 5.41 Å². The Labute approximate surface area is 170 Å². The van der Waals surface area contributed by atoms with Gasteiger partial charge >= 0.3 is 0 Å². The van der Waals surface area contributed by atoms with Crippen LogP contribution in [-0.2, 0) is 4.74 Å². The lowest BCUT2D eigenvalue weighted by atomic mass is 9.79. The highest BCUT2D eigenvalue weighted by Gasteiger charge is 2.25. The zero-order chi connectivity index (χ0) is 21.1. The average molecular weight is 376 g/mol. The topological polar surface area (TPSA) is 22.1 Å². The van der Waals surface area contributed by atoms with Gasteiger partial charge < -0.3 is 4.74 Å². The quantitative estimate of drug-likeness (QED) is 0.407. The molecule has 2 rings (SSSR count). The maximum Gasteiger partial charge on any atom is 0.127 e. The van der Waals surface area contributed by atoms with Crippen LogP contribution in [0.25, 0.3) is 16.7 Å². The molecule has 2 nitrogen and oxygen atoms in total. The molecule has 1 heterocycles. The van der Waals surface area contributed by atoms with Crippen LogP contribution in [0.1, 0.15) is 50.1 Å². The Hall–Kier alpha value is -2.61. The molecule has 0 spiro atoms. The largest absolute Gasteiger partial charge is 0.496 e. The van der Waals surface area contributed by atoms with Gasteiger partial charge in [-0.3, -0.25) is 4.98 Å². The number of rotatable bonds is 5. The van der Waals surface area contributed by atoms with Crippen molar-refractivity contribution in [1.29, 1.82) is 0 Å². The van der Waals surface area contributed by atoms with Crippen molar-refractivity contribution >= 4 is 5.57 Å². The van der Waals surface area contributed by atoms with Crippen LogP contribution >= 0.6 is 0 Å². The Kier molecular flexibility index (Phi) is 6.66. The second-order valence-electron chi connectivity index (χ2n) is 8.30. The summed E-state index contributed by atoms with van der Waals surface area (Å²) in [5.41, 5.74) is 9.30. The second kappa shape index (κ2) is 8.60. The maximum absolute atomic E-state index is 5.68. The molecule has 0 aliphatic heterocycles. The number of hydrogen-bond acceptors (Lipinski definition) is 2. The lowest BCUT2D eigenvalue weighted by Gasteiger charge is -2.27. The van der Waals surface area contributed by atoms with Crippen molar-refractivity contribution in [3.63, 3.8) is 0 Å². The van der Waals surface area contributed by atoms with E-state index in [1.54, 1.807) is 13.2 Å². The highest BCUT2D eigenvalue weighted by molar-refractivity contribution is 5.83. The Morgan fingerprint density at radius 3 is 2.14 bits per heavy atom. The molecule has 0 saturated carbocycles. The van der Waals surface area contributed by atoms with Crippen molar-refractivity contribution < 1.29 is 4.74 Å². The SMILES string of the molecule is C=C/C(OC)=C(\C(=C/C)C(C)(C)C)c1cc(-c2c(C)cc(C)cc2C)ccn1. The van der Waals surface area contributed by atoms with Gasteiger partial charge in [-0.25, -0.2) is 0 Å². The molecule has 2 aromatic rings. The molecule has 1 aromatic heterocycles. The maximum atomic E-state index is 5.68. The molecule has 0 saturated heterocycles. The molecule has 0 fully saturated rings. The van der Waals surface area contributed by atoms with E-state index >= 15 is 0 Å². The summed E-state index contributed by atoms with van der Waals surface area (Å²) >= 11 is 0. The summed E-state index contributed by atoms with van der Waals surface area (Å²) in [6.45, 7) is 19.1. The lowest BCUT2D eigenvalue weighted by Crippen LogP contribution is -2.13. The molecule has 1 aromatic carbocycles. The molecule has 148 valence electrons. The van der Waals surface area contributed by atoms with Crippen molar-refractivity contribution in [2.24, 2.45) is 5.41 Å². The summed E-state index contributed by atoms with van der Waals surface area (Å²) in [4.78, 5) is 4.71. The van der Waals surface area contributed by atoms with Crippen molar-refractivity contribution in [2.75, 3.05) is 7.11 Å². The van der Waals surface area contributed by atoms with Gasteiger partial charge in [0.2, 0.25) is 0 Å². The number of pyridine rings is 1. The van der Waals surface area contributed by atoms with Crippen LogP contribution in [-0.4, -0.2) is 12.1 Å². The van der Waals surface area contributed by atoms with Gasteiger partial charge in [0.25, 0.3) is 0 Å². The fourth-order valence-electron chi connectivity index (χ4n) is 3.99. The fraction of sp³-hybridized carbons (Fsp3) is 0.346. The molecular formula is C26H33NO. The molecule has 0 radical (unpaired) electrons. The molecule has 0 aliphatic carbocycles. The third-order valence-corrected chi connectivity index (χ3v) is 5.00. The number of hydrogen-bond donors (Lipinski definition) is 0. The number of aromatic nitrogens is 1. The number of aryl methyl sites for hydroxylation is 3. The number of benzene rings is 1. The second-order valence-corrected chi connectivity index (χ2v) is 8.30. The van der Waals surface area contributed by atoms with Crippen LogP contribution < -0.4 is 0 Å². The predicted molar refractivity (Wildman–Crippen MR) is 121 cm³/mol. The monoisotopic (exact) mass is 375 g/mol. The van der Waals surface area contributed by atoms with E-state index in [0.29, 0.717) is 0 Å². The van der Waals surface area contributed by atoms with E-state index in [9.17, 15) is 0 Å². The highest BCUT2D eigenvalue weighted by Crippen LogP contribution is 2.39. The van der Waals surface area contributed by atoms with Gasteiger partial charge in [0.1, 0.15) is 5.76 Å². The van der Waals surface area contributed by atoms with Crippen LogP contribution in [0.4, 0.5) is 0 Å². The summed E-state index contributed by atoms with van der Waals surface area (Å²) in [7, 11) is 1.69. The Morgan fingerprint density at radius 2 is 1.68 bits per heavy atom. The lowest BCUT2D eigenvalue weighted by molar-refractivity contribution is 0.308. The Balaban J connectivity index is 2.78. The van der Waals surface area contributed by atoms with Crippen LogP contribution in [0.2, 0.25) is 0 Å². The summed E-state index contributed by atoms with van der Waals surface area (Å²) in [5, 5.41) is 0. The van der Waals surface area contributed by atoms with E-state index in [4.69, 9.17) is 9.72 Å². The fourth-order valence-corrected chi connectivity index (χ4v) is 3.99. The molecule has 0 amide bonds. The van der Waals surface area contributed by atoms with Crippen molar-refractivity contribution in [2.45, 2.75) is 48.5 Å². The van der Waals surface area contributed by atoms with Crippen LogP contribution in [0, 0.1) is 26.2 Å². The van der Waals surface area contributed by atoms with E-state index in [0.717, 1.165) is 17.0 Å². The zero-order valence-corrected chi connectivity index (χ0v) is 18.6. The van der Waals surface area contributed by atoms with Gasteiger partial charge in [0.05, 0.1) is 12.8 Å². The van der Waals surface area contributed by atoms with Gasteiger partial charge in [-0.1, -0.05) is 51.1 Å². The van der Waals surface area contributed by atoms with Crippen LogP contribution in [0.5, 0.6) is 0 Å². The first kappa shape index (κ1) is 21.7. The molecule has 0 atom stereocenters. The van der Waals surface area contributed by atoms with Gasteiger partial charge in [-0.05, 0) is 79.1 Å². The molecule has 0 N–H and O–H groups in total. The molecule has 0 aliphatic rings. The molecular weight excluding hydrogens is 342 g/mol. The number of nitrogens with zero attached hydrogens (tertiary/aromatic N) is 1. The number of methoxy groups -OCH3 is 1. The highest BCUT2D eigenvalue weighted by atomic mass is 16.5. The van der Waals surface area contributed by atoms with Gasteiger partial charge in [0, 0.05) is 11.8 Å². The van der Waals surface area contributed by atoms with E-state index in [1.165, 1.54) is 33.4 Å². The smallest absolute Gasteiger partial charge is 0.127 e. The normalized spacial score (nSPS) is 13.2. The summed E-state index contributed by atoms with van der Waals surface area (Å²) in [6, 6.07) is 8.71. The van der Waals surface area contributed by atoms with E-state index in [1.807, 2.05) is 6.20 Å². The van der Waals surface area contributed by atoms with Crippen LogP contribution in [0.3, 0.4) is 0 Å². The van der Waals surface area contributed by atoms with Crippen molar-refractivity contribution in [1.82, 2.24) is 4.98 Å². The third kappa shape index (κ3) is 4.44. The summed E-state index contributed by atoms with van der Waals surface area (Å²) < 4.78 is 5.68. The van der Waals surface area contributed by atoms with E-state index < -0.39 is 0 Å². The first-order chi connectivity index (χ1) is 13.1. The Bertz CT molecular complexity index is 916. The third-order valence-electron chi connectivity index (χ3n) is 5.00. The Morgan fingerprint density at radius 1 is 1.07 bits per heavy atom. The molecule has 0 unspecified atom stereocenters. The summed E-state index contributed by atoms with van der Waals surface area (Å²) in [6.07, 6.45) is 5.80. The number of ether oxygens (including phenoxy) is 1. The minimum Gasteiger partial charge on any atom is -0.496 e. The minimum absolute atomic E-state index is 0.0513. The van der Waals surface area contributed by atoms with Gasteiger partial charge in [-0.15, -0.1) is 0 Å². The van der Waals surface area contributed by atoms with Crippen molar-refractivity contribution in [3.05, 3.63) is 82.9 Å². The number of allylic oxidation sites excluding steroid dienone is 4. The molecule has 0 bridgehead atoms. The van der Waals surface area contributed by atoms with Gasteiger partial charge in [0.15, 0.2) is 0 Å². The van der Waals surface area contributed by atoms with Gasteiger partial charge in [-0.2, -0.15) is 0 Å². The minimum atomic E-state index is -0.0513. The average Bonchev–Trinajstić information content (AvgIpc) is 2.60. The first-order valence-corrected chi connectivity index (χ1v) is 9.76. The van der Waals surface area contributed by atoms with E-state index in [2.05, 4.69) is 85.4 Å². The molecule has 28 heavy (non-hydrogen) atoms.